The molecule has 0 saturated carbocycles. The Kier molecular flexibility index (Phi) is 3.66. The van der Waals surface area contributed by atoms with Crippen LogP contribution in [-0.2, 0) is 9.53 Å². The summed E-state index contributed by atoms with van der Waals surface area (Å²) >= 11 is 0. The van der Waals surface area contributed by atoms with Gasteiger partial charge in [0.15, 0.2) is 6.04 Å². The van der Waals surface area contributed by atoms with Crippen molar-refractivity contribution < 1.29 is 24.5 Å². The van der Waals surface area contributed by atoms with Crippen molar-refractivity contribution in [3.8, 4) is 0 Å². The standard InChI is InChI=1S/C11H19NO5/c1-6-5-12(7(8(6)13)9(14)15)10(16)17-11(2,3)4/h6-8,13H,5H2,1-4H3,(H,14,15)/t6-,7-,8-/m0/s1. The van der Waals surface area contributed by atoms with Crippen molar-refractivity contribution in [2.45, 2.75) is 45.4 Å². The third kappa shape index (κ3) is 3.09. The van der Waals surface area contributed by atoms with Gasteiger partial charge in [-0.05, 0) is 20.8 Å². The van der Waals surface area contributed by atoms with Crippen LogP contribution in [0.5, 0.6) is 0 Å². The van der Waals surface area contributed by atoms with Gasteiger partial charge in [0.25, 0.3) is 0 Å². The number of aliphatic hydroxyl groups excluding tert-OH is 1. The number of hydrogen-bond acceptors (Lipinski definition) is 4. The van der Waals surface area contributed by atoms with Crippen LogP contribution >= 0.6 is 0 Å². The minimum Gasteiger partial charge on any atom is -0.480 e. The van der Waals surface area contributed by atoms with Crippen LogP contribution in [-0.4, -0.2) is 51.5 Å². The number of aliphatic carboxylic acids is 1. The zero-order valence-electron chi connectivity index (χ0n) is 10.5. The highest BCUT2D eigenvalue weighted by Gasteiger charge is 2.46. The summed E-state index contributed by atoms with van der Waals surface area (Å²) in [5.41, 5.74) is -0.684. The van der Waals surface area contributed by atoms with Crippen molar-refractivity contribution in [3.05, 3.63) is 0 Å². The maximum absolute atomic E-state index is 11.8. The molecule has 0 aromatic carbocycles. The Morgan fingerprint density at radius 1 is 1.35 bits per heavy atom. The highest BCUT2D eigenvalue weighted by Crippen LogP contribution is 2.25. The number of hydrogen-bond donors (Lipinski definition) is 2. The Morgan fingerprint density at radius 2 is 1.88 bits per heavy atom. The first-order valence-corrected chi connectivity index (χ1v) is 5.54. The lowest BCUT2D eigenvalue weighted by Gasteiger charge is -2.27. The molecule has 1 fully saturated rings. The predicted octanol–water partition coefficient (Wildman–Crippen LogP) is 0.687. The maximum atomic E-state index is 11.8. The molecule has 0 aromatic rings. The Hall–Kier alpha value is -1.30. The van der Waals surface area contributed by atoms with E-state index >= 15 is 0 Å². The highest BCUT2D eigenvalue weighted by molar-refractivity contribution is 5.81. The van der Waals surface area contributed by atoms with E-state index in [4.69, 9.17) is 9.84 Å². The number of carbonyl (C=O) groups is 2. The molecular weight excluding hydrogens is 226 g/mol. The molecule has 3 atom stereocenters. The molecule has 1 aliphatic heterocycles. The Bertz CT molecular complexity index is 322. The van der Waals surface area contributed by atoms with E-state index in [0.29, 0.717) is 0 Å². The number of likely N-dealkylation sites (tertiary alicyclic amines) is 1. The fraction of sp³-hybridized carbons (Fsp3) is 0.818. The fourth-order valence-electron chi connectivity index (χ4n) is 1.82. The minimum atomic E-state index is -1.22. The van der Waals surface area contributed by atoms with E-state index < -0.39 is 29.8 Å². The van der Waals surface area contributed by atoms with E-state index in [-0.39, 0.29) is 12.5 Å². The van der Waals surface area contributed by atoms with Gasteiger partial charge >= 0.3 is 12.1 Å². The molecule has 1 saturated heterocycles. The van der Waals surface area contributed by atoms with Crippen LogP contribution in [0.1, 0.15) is 27.7 Å². The number of carboxylic acids is 1. The van der Waals surface area contributed by atoms with Crippen molar-refractivity contribution in [1.82, 2.24) is 4.90 Å². The van der Waals surface area contributed by atoms with Gasteiger partial charge in [0.2, 0.25) is 0 Å². The van der Waals surface area contributed by atoms with E-state index in [0.717, 1.165) is 4.90 Å². The highest BCUT2D eigenvalue weighted by atomic mass is 16.6. The molecule has 0 unspecified atom stereocenters. The SMILES string of the molecule is C[C@H]1CN(C(=O)OC(C)(C)C)[C@H](C(=O)O)[C@H]1O. The molecule has 0 radical (unpaired) electrons. The molecule has 0 bridgehead atoms. The maximum Gasteiger partial charge on any atom is 0.411 e. The molecule has 17 heavy (non-hydrogen) atoms. The van der Waals surface area contributed by atoms with Crippen molar-refractivity contribution in [3.63, 3.8) is 0 Å². The number of rotatable bonds is 1. The van der Waals surface area contributed by atoms with Crippen LogP contribution in [0.4, 0.5) is 4.79 Å². The normalized spacial score (nSPS) is 29.2. The van der Waals surface area contributed by atoms with Gasteiger partial charge in [-0.2, -0.15) is 0 Å². The van der Waals surface area contributed by atoms with Gasteiger partial charge in [0, 0.05) is 12.5 Å². The number of carbonyl (C=O) groups excluding carboxylic acids is 1. The van der Waals surface area contributed by atoms with E-state index in [1.807, 2.05) is 0 Å². The van der Waals surface area contributed by atoms with Crippen LogP contribution in [0, 0.1) is 5.92 Å². The van der Waals surface area contributed by atoms with Gasteiger partial charge in [0.05, 0.1) is 6.10 Å². The largest absolute Gasteiger partial charge is 0.480 e. The molecule has 1 amide bonds. The molecule has 98 valence electrons. The van der Waals surface area contributed by atoms with Gasteiger partial charge in [-0.1, -0.05) is 6.92 Å². The minimum absolute atomic E-state index is 0.188. The summed E-state index contributed by atoms with van der Waals surface area (Å²) in [6.45, 7) is 7.00. The molecule has 1 rings (SSSR count). The average molecular weight is 245 g/mol. The third-order valence-corrected chi connectivity index (χ3v) is 2.61. The summed E-state index contributed by atoms with van der Waals surface area (Å²) < 4.78 is 5.11. The number of amides is 1. The smallest absolute Gasteiger partial charge is 0.411 e. The first-order chi connectivity index (χ1) is 7.63. The van der Waals surface area contributed by atoms with Gasteiger partial charge < -0.3 is 14.9 Å². The Balaban J connectivity index is 2.82. The Labute approximate surface area is 100 Å². The zero-order chi connectivity index (χ0) is 13.4. The van der Waals surface area contributed by atoms with Crippen LogP contribution in [0.15, 0.2) is 0 Å². The Morgan fingerprint density at radius 3 is 2.29 bits per heavy atom. The average Bonchev–Trinajstić information content (AvgIpc) is 2.40. The first-order valence-electron chi connectivity index (χ1n) is 5.54. The van der Waals surface area contributed by atoms with Crippen LogP contribution in [0.25, 0.3) is 0 Å². The molecule has 1 heterocycles. The van der Waals surface area contributed by atoms with Crippen LogP contribution < -0.4 is 0 Å². The van der Waals surface area contributed by atoms with Crippen molar-refractivity contribution in [2.24, 2.45) is 5.92 Å². The fourth-order valence-corrected chi connectivity index (χ4v) is 1.82. The molecular formula is C11H19NO5. The van der Waals surface area contributed by atoms with E-state index in [1.165, 1.54) is 0 Å². The summed E-state index contributed by atoms with van der Waals surface area (Å²) in [4.78, 5) is 23.9. The second-order valence-electron chi connectivity index (χ2n) is 5.38. The molecule has 6 nitrogen and oxygen atoms in total. The second kappa shape index (κ2) is 4.52. The van der Waals surface area contributed by atoms with Crippen molar-refractivity contribution >= 4 is 12.1 Å². The number of aliphatic hydroxyl groups is 1. The molecule has 6 heteroatoms. The van der Waals surface area contributed by atoms with E-state index in [2.05, 4.69) is 0 Å². The van der Waals surface area contributed by atoms with Gasteiger partial charge in [-0.15, -0.1) is 0 Å². The van der Waals surface area contributed by atoms with Crippen LogP contribution in [0.2, 0.25) is 0 Å². The predicted molar refractivity (Wildman–Crippen MR) is 59.5 cm³/mol. The summed E-state index contributed by atoms with van der Waals surface area (Å²) in [6.07, 6.45) is -1.76. The second-order valence-corrected chi connectivity index (χ2v) is 5.38. The number of carboxylic acid groups (broad SMARTS) is 1. The summed E-state index contributed by atoms with van der Waals surface area (Å²) in [5.74, 6) is -1.49. The summed E-state index contributed by atoms with van der Waals surface area (Å²) in [5, 5.41) is 18.7. The van der Waals surface area contributed by atoms with E-state index in [1.54, 1.807) is 27.7 Å². The summed E-state index contributed by atoms with van der Waals surface area (Å²) in [6, 6.07) is -1.22. The quantitative estimate of drug-likeness (QED) is 0.709. The van der Waals surface area contributed by atoms with Crippen molar-refractivity contribution in [2.75, 3.05) is 6.54 Å². The molecule has 0 aromatic heterocycles. The van der Waals surface area contributed by atoms with Crippen LogP contribution in [0.3, 0.4) is 0 Å². The van der Waals surface area contributed by atoms with E-state index in [9.17, 15) is 14.7 Å². The number of ether oxygens (including phenoxy) is 1. The molecule has 2 N–H and O–H groups in total. The lowest BCUT2D eigenvalue weighted by atomic mass is 10.0. The number of nitrogens with zero attached hydrogens (tertiary/aromatic N) is 1. The lowest BCUT2D eigenvalue weighted by molar-refractivity contribution is -0.145. The first kappa shape index (κ1) is 13.8. The topological polar surface area (TPSA) is 87.1 Å². The van der Waals surface area contributed by atoms with Crippen molar-refractivity contribution in [1.29, 1.82) is 0 Å². The summed E-state index contributed by atoms with van der Waals surface area (Å²) in [7, 11) is 0. The van der Waals surface area contributed by atoms with Gasteiger partial charge in [0.1, 0.15) is 5.60 Å². The molecule has 0 spiro atoms. The lowest BCUT2D eigenvalue weighted by Crippen LogP contribution is -2.47. The van der Waals surface area contributed by atoms with Gasteiger partial charge in [-0.25, -0.2) is 9.59 Å². The molecule has 1 aliphatic rings. The zero-order valence-corrected chi connectivity index (χ0v) is 10.5. The molecule has 0 aliphatic carbocycles. The van der Waals surface area contributed by atoms with Gasteiger partial charge in [-0.3, -0.25) is 4.90 Å². The monoisotopic (exact) mass is 245 g/mol. The third-order valence-electron chi connectivity index (χ3n) is 2.61.